The van der Waals surface area contributed by atoms with E-state index in [9.17, 15) is 0 Å². The van der Waals surface area contributed by atoms with Crippen molar-refractivity contribution in [1.29, 1.82) is 0 Å². The molecule has 2 aromatic rings. The third-order valence-electron chi connectivity index (χ3n) is 3.50. The normalized spacial score (nSPS) is 14.2. The highest BCUT2D eigenvalue weighted by Gasteiger charge is 2.15. The van der Waals surface area contributed by atoms with Crippen LogP contribution >= 0.6 is 23.2 Å². The first-order chi connectivity index (χ1) is 10.1. The van der Waals surface area contributed by atoms with Gasteiger partial charge in [-0.15, -0.1) is 0 Å². The van der Waals surface area contributed by atoms with E-state index in [-0.39, 0.29) is 6.04 Å². The highest BCUT2D eigenvalue weighted by atomic mass is 35.5. The fraction of sp³-hybridized carbons (Fsp3) is 0.250. The maximum Gasteiger partial charge on any atom is 0.231 e. The molecule has 0 aromatic heterocycles. The molecule has 3 rings (SSSR count). The molecule has 0 fully saturated rings. The van der Waals surface area contributed by atoms with Gasteiger partial charge in [-0.1, -0.05) is 29.3 Å². The Kier molecular flexibility index (Phi) is 4.24. The molecule has 1 heterocycles. The molecule has 1 aliphatic heterocycles. The van der Waals surface area contributed by atoms with E-state index in [1.165, 1.54) is 0 Å². The quantitative estimate of drug-likeness (QED) is 0.893. The van der Waals surface area contributed by atoms with Gasteiger partial charge in [-0.05, 0) is 48.4 Å². The molecular formula is C16H15Cl2NO2. The number of ether oxygens (including phenoxy) is 2. The highest BCUT2D eigenvalue weighted by Crippen LogP contribution is 2.34. The lowest BCUT2D eigenvalue weighted by molar-refractivity contribution is 0.174. The molecule has 1 N–H and O–H groups in total. The molecule has 21 heavy (non-hydrogen) atoms. The van der Waals surface area contributed by atoms with Crippen molar-refractivity contribution in [3.05, 3.63) is 57.6 Å². The molecule has 3 nitrogen and oxygen atoms in total. The van der Waals surface area contributed by atoms with Gasteiger partial charge in [0.05, 0.1) is 0 Å². The van der Waals surface area contributed by atoms with Crippen LogP contribution in [0.1, 0.15) is 24.1 Å². The van der Waals surface area contributed by atoms with Crippen molar-refractivity contribution in [3.8, 4) is 11.5 Å². The summed E-state index contributed by atoms with van der Waals surface area (Å²) in [7, 11) is 0. The average Bonchev–Trinajstić information content (AvgIpc) is 2.95. The average molecular weight is 324 g/mol. The first-order valence-electron chi connectivity index (χ1n) is 6.70. The van der Waals surface area contributed by atoms with Gasteiger partial charge in [0.1, 0.15) is 0 Å². The molecule has 0 saturated carbocycles. The molecule has 0 radical (unpaired) electrons. The molecule has 5 heteroatoms. The molecular weight excluding hydrogens is 309 g/mol. The van der Waals surface area contributed by atoms with Crippen molar-refractivity contribution in [1.82, 2.24) is 5.32 Å². The number of hydrogen-bond donors (Lipinski definition) is 1. The number of hydrogen-bond acceptors (Lipinski definition) is 3. The smallest absolute Gasteiger partial charge is 0.231 e. The van der Waals surface area contributed by atoms with Crippen LogP contribution in [0.3, 0.4) is 0 Å². The minimum atomic E-state index is 0.162. The van der Waals surface area contributed by atoms with Crippen LogP contribution in [0.15, 0.2) is 36.4 Å². The van der Waals surface area contributed by atoms with Gasteiger partial charge in [-0.2, -0.15) is 0 Å². The molecule has 0 spiro atoms. The number of nitrogens with one attached hydrogen (secondary N) is 1. The highest BCUT2D eigenvalue weighted by molar-refractivity contribution is 6.33. The molecule has 0 saturated heterocycles. The topological polar surface area (TPSA) is 30.5 Å². The Hall–Kier alpha value is -1.42. The number of rotatable bonds is 4. The summed E-state index contributed by atoms with van der Waals surface area (Å²) < 4.78 is 10.7. The first kappa shape index (κ1) is 14.5. The van der Waals surface area contributed by atoms with Gasteiger partial charge in [-0.3, -0.25) is 0 Å². The lowest BCUT2D eigenvalue weighted by Crippen LogP contribution is -2.18. The largest absolute Gasteiger partial charge is 0.454 e. The molecule has 1 aliphatic rings. The van der Waals surface area contributed by atoms with Crippen LogP contribution in [0, 0.1) is 0 Å². The summed E-state index contributed by atoms with van der Waals surface area (Å²) >= 11 is 12.2. The first-order valence-corrected chi connectivity index (χ1v) is 7.46. The second kappa shape index (κ2) is 6.14. The van der Waals surface area contributed by atoms with Crippen molar-refractivity contribution < 1.29 is 9.47 Å². The van der Waals surface area contributed by atoms with Gasteiger partial charge in [0.2, 0.25) is 6.79 Å². The monoisotopic (exact) mass is 323 g/mol. The van der Waals surface area contributed by atoms with Crippen LogP contribution in [0.5, 0.6) is 11.5 Å². The van der Waals surface area contributed by atoms with Crippen molar-refractivity contribution in [2.75, 3.05) is 6.79 Å². The van der Waals surface area contributed by atoms with E-state index in [0.29, 0.717) is 23.4 Å². The SMILES string of the molecule is CC(NCc1cc(Cl)ccc1Cl)c1ccc2c(c1)OCO2. The van der Waals surface area contributed by atoms with E-state index in [2.05, 4.69) is 12.2 Å². The number of halogens is 2. The van der Waals surface area contributed by atoms with E-state index in [0.717, 1.165) is 22.6 Å². The summed E-state index contributed by atoms with van der Waals surface area (Å²) in [4.78, 5) is 0. The van der Waals surface area contributed by atoms with E-state index < -0.39 is 0 Å². The number of benzene rings is 2. The maximum atomic E-state index is 6.17. The molecule has 0 bridgehead atoms. The molecule has 0 aliphatic carbocycles. The van der Waals surface area contributed by atoms with Crippen LogP contribution in [0.2, 0.25) is 10.0 Å². The fourth-order valence-electron chi connectivity index (χ4n) is 2.24. The minimum absolute atomic E-state index is 0.162. The predicted octanol–water partition coefficient (Wildman–Crippen LogP) is 4.57. The van der Waals surface area contributed by atoms with Crippen LogP contribution in [0.4, 0.5) is 0 Å². The van der Waals surface area contributed by atoms with E-state index in [1.54, 1.807) is 6.07 Å². The zero-order valence-electron chi connectivity index (χ0n) is 11.5. The van der Waals surface area contributed by atoms with Gasteiger partial charge in [-0.25, -0.2) is 0 Å². The Morgan fingerprint density at radius 2 is 1.90 bits per heavy atom. The van der Waals surface area contributed by atoms with Crippen molar-refractivity contribution in [3.63, 3.8) is 0 Å². The maximum absolute atomic E-state index is 6.17. The Labute approximate surface area is 133 Å². The molecule has 0 amide bonds. The zero-order chi connectivity index (χ0) is 14.8. The molecule has 2 aromatic carbocycles. The third kappa shape index (κ3) is 3.26. The van der Waals surface area contributed by atoms with E-state index in [4.69, 9.17) is 32.7 Å². The lowest BCUT2D eigenvalue weighted by Gasteiger charge is -2.15. The standard InChI is InChI=1S/C16H15Cl2NO2/c1-10(11-2-5-15-16(7-11)21-9-20-15)19-8-12-6-13(17)3-4-14(12)18/h2-7,10,19H,8-9H2,1H3. The summed E-state index contributed by atoms with van der Waals surface area (Å²) in [6, 6.07) is 11.6. The summed E-state index contributed by atoms with van der Waals surface area (Å²) in [6.07, 6.45) is 0. The van der Waals surface area contributed by atoms with Crippen LogP contribution in [0.25, 0.3) is 0 Å². The molecule has 110 valence electrons. The minimum Gasteiger partial charge on any atom is -0.454 e. The van der Waals surface area contributed by atoms with Crippen LogP contribution < -0.4 is 14.8 Å². The van der Waals surface area contributed by atoms with Gasteiger partial charge < -0.3 is 14.8 Å². The molecule has 1 unspecified atom stereocenters. The van der Waals surface area contributed by atoms with Gasteiger partial charge >= 0.3 is 0 Å². The number of fused-ring (bicyclic) bond motifs is 1. The summed E-state index contributed by atoms with van der Waals surface area (Å²) in [6.45, 7) is 3.03. The van der Waals surface area contributed by atoms with Gasteiger partial charge in [0, 0.05) is 22.6 Å². The fourth-order valence-corrected chi connectivity index (χ4v) is 2.62. The Morgan fingerprint density at radius 3 is 2.76 bits per heavy atom. The third-order valence-corrected chi connectivity index (χ3v) is 4.11. The van der Waals surface area contributed by atoms with Crippen LogP contribution in [-0.4, -0.2) is 6.79 Å². The van der Waals surface area contributed by atoms with Crippen molar-refractivity contribution in [2.45, 2.75) is 19.5 Å². The second-order valence-electron chi connectivity index (χ2n) is 4.95. The van der Waals surface area contributed by atoms with E-state index in [1.807, 2.05) is 30.3 Å². The van der Waals surface area contributed by atoms with Gasteiger partial charge in [0.15, 0.2) is 11.5 Å². The molecule has 1 atom stereocenters. The van der Waals surface area contributed by atoms with Crippen molar-refractivity contribution >= 4 is 23.2 Å². The Balaban J connectivity index is 1.69. The van der Waals surface area contributed by atoms with E-state index >= 15 is 0 Å². The lowest BCUT2D eigenvalue weighted by atomic mass is 10.1. The second-order valence-corrected chi connectivity index (χ2v) is 5.79. The Morgan fingerprint density at radius 1 is 1.10 bits per heavy atom. The predicted molar refractivity (Wildman–Crippen MR) is 84.3 cm³/mol. The van der Waals surface area contributed by atoms with Crippen LogP contribution in [-0.2, 0) is 6.54 Å². The summed E-state index contributed by atoms with van der Waals surface area (Å²) in [5.74, 6) is 1.59. The Bertz CT molecular complexity index is 661. The van der Waals surface area contributed by atoms with Crippen molar-refractivity contribution in [2.24, 2.45) is 0 Å². The van der Waals surface area contributed by atoms with Gasteiger partial charge in [0.25, 0.3) is 0 Å². The summed E-state index contributed by atoms with van der Waals surface area (Å²) in [5.41, 5.74) is 2.12. The summed E-state index contributed by atoms with van der Waals surface area (Å²) in [5, 5.41) is 4.83. The zero-order valence-corrected chi connectivity index (χ0v) is 13.0.